The summed E-state index contributed by atoms with van der Waals surface area (Å²) in [5, 5.41) is 15.9. The lowest BCUT2D eigenvalue weighted by Crippen LogP contribution is -2.45. The summed E-state index contributed by atoms with van der Waals surface area (Å²) in [6.45, 7) is 5.41. The Morgan fingerprint density at radius 1 is 1.21 bits per heavy atom. The maximum atomic E-state index is 12.9. The van der Waals surface area contributed by atoms with Gasteiger partial charge in [0.1, 0.15) is 0 Å². The van der Waals surface area contributed by atoms with Crippen molar-refractivity contribution in [3.63, 3.8) is 0 Å². The molecule has 0 aromatic carbocycles. The second-order valence-corrected chi connectivity index (χ2v) is 7.42. The molecule has 0 saturated heterocycles. The Labute approximate surface area is 163 Å². The van der Waals surface area contributed by atoms with E-state index >= 15 is 0 Å². The Bertz CT molecular complexity index is 1020. The molecule has 0 saturated carbocycles. The topological polar surface area (TPSA) is 80.3 Å². The number of hydrogen-bond donors (Lipinski definition) is 1. The van der Waals surface area contributed by atoms with Crippen LogP contribution in [0.25, 0.3) is 11.2 Å². The van der Waals surface area contributed by atoms with Crippen molar-refractivity contribution in [2.45, 2.75) is 26.3 Å². The van der Waals surface area contributed by atoms with Crippen molar-refractivity contribution in [2.75, 3.05) is 13.1 Å². The lowest BCUT2D eigenvalue weighted by Gasteiger charge is -2.29. The van der Waals surface area contributed by atoms with E-state index in [-0.39, 0.29) is 18.0 Å². The van der Waals surface area contributed by atoms with Crippen LogP contribution in [0.4, 0.5) is 4.79 Å². The molecule has 28 heavy (non-hydrogen) atoms. The minimum absolute atomic E-state index is 0.0771. The Kier molecular flexibility index (Phi) is 4.85. The van der Waals surface area contributed by atoms with Crippen LogP contribution in [0.1, 0.15) is 37.8 Å². The van der Waals surface area contributed by atoms with E-state index in [1.54, 1.807) is 6.20 Å². The van der Waals surface area contributed by atoms with Crippen molar-refractivity contribution in [3.8, 4) is 0 Å². The van der Waals surface area contributed by atoms with Gasteiger partial charge in [-0.1, -0.05) is 26.0 Å². The second kappa shape index (κ2) is 7.46. The van der Waals surface area contributed by atoms with Gasteiger partial charge in [-0.25, -0.2) is 4.79 Å². The maximum Gasteiger partial charge on any atom is 0.318 e. The zero-order chi connectivity index (χ0) is 19.7. The molecule has 4 heterocycles. The van der Waals surface area contributed by atoms with Crippen molar-refractivity contribution in [2.24, 2.45) is 13.0 Å². The molecule has 0 fully saturated rings. The Morgan fingerprint density at radius 3 is 2.75 bits per heavy atom. The number of carbonyl (C=O) groups is 1. The molecule has 4 rings (SSSR count). The first-order chi connectivity index (χ1) is 13.5. The molecule has 1 aliphatic heterocycles. The Morgan fingerprint density at radius 2 is 2.07 bits per heavy atom. The minimum Gasteiger partial charge on any atom is -0.328 e. The average Bonchev–Trinajstić information content (AvgIpc) is 3.32. The van der Waals surface area contributed by atoms with Crippen LogP contribution in [0.5, 0.6) is 0 Å². The van der Waals surface area contributed by atoms with Gasteiger partial charge in [0.05, 0.1) is 11.7 Å². The number of nitrogens with one attached hydrogen (secondary N) is 1. The fraction of sp³-hybridized carbons (Fsp3) is 0.400. The fourth-order valence-electron chi connectivity index (χ4n) is 3.60. The van der Waals surface area contributed by atoms with Gasteiger partial charge in [-0.2, -0.15) is 5.10 Å². The first-order valence-electron chi connectivity index (χ1n) is 9.57. The number of aromatic nitrogens is 5. The van der Waals surface area contributed by atoms with Crippen molar-refractivity contribution in [1.82, 2.24) is 34.6 Å². The van der Waals surface area contributed by atoms with Crippen LogP contribution in [-0.4, -0.2) is 48.4 Å². The van der Waals surface area contributed by atoms with Crippen molar-refractivity contribution in [3.05, 3.63) is 54.3 Å². The van der Waals surface area contributed by atoms with E-state index in [2.05, 4.69) is 40.5 Å². The van der Waals surface area contributed by atoms with E-state index in [1.807, 2.05) is 51.5 Å². The Balaban J connectivity index is 1.49. The number of amides is 2. The minimum atomic E-state index is -0.215. The number of aryl methyl sites for hydroxylation is 1. The number of carbonyl (C=O) groups excluding carboxylic acids is 1. The lowest BCUT2D eigenvalue weighted by atomic mass is 10.0. The second-order valence-electron chi connectivity index (χ2n) is 7.42. The molecule has 3 aromatic heterocycles. The predicted molar refractivity (Wildman–Crippen MR) is 106 cm³/mol. The number of rotatable bonds is 4. The SMILES string of the molecule is CC(C)C(NC(=O)N1CC=C(c2ccnn2C)CC1)c1nnc2ccccn12. The van der Waals surface area contributed by atoms with E-state index in [4.69, 9.17) is 0 Å². The van der Waals surface area contributed by atoms with Gasteiger partial charge in [0, 0.05) is 32.5 Å². The van der Waals surface area contributed by atoms with Crippen molar-refractivity contribution in [1.29, 1.82) is 0 Å². The molecule has 8 nitrogen and oxygen atoms in total. The molecule has 0 spiro atoms. The first-order valence-corrected chi connectivity index (χ1v) is 9.57. The fourth-order valence-corrected chi connectivity index (χ4v) is 3.60. The summed E-state index contributed by atoms with van der Waals surface area (Å²) in [5.41, 5.74) is 3.11. The summed E-state index contributed by atoms with van der Waals surface area (Å²) < 4.78 is 3.80. The molecule has 2 amide bonds. The van der Waals surface area contributed by atoms with Gasteiger partial charge in [-0.05, 0) is 36.1 Å². The molecule has 8 heteroatoms. The van der Waals surface area contributed by atoms with Gasteiger partial charge in [-0.3, -0.25) is 9.08 Å². The van der Waals surface area contributed by atoms with Crippen LogP contribution in [0, 0.1) is 5.92 Å². The number of nitrogens with zero attached hydrogens (tertiary/aromatic N) is 6. The summed E-state index contributed by atoms with van der Waals surface area (Å²) in [6.07, 6.45) is 6.64. The van der Waals surface area contributed by atoms with Gasteiger partial charge in [0.25, 0.3) is 0 Å². The van der Waals surface area contributed by atoms with Crippen molar-refractivity contribution < 1.29 is 4.79 Å². The molecule has 1 aliphatic rings. The highest BCUT2D eigenvalue weighted by atomic mass is 16.2. The smallest absolute Gasteiger partial charge is 0.318 e. The van der Waals surface area contributed by atoms with Gasteiger partial charge in [0.15, 0.2) is 11.5 Å². The largest absolute Gasteiger partial charge is 0.328 e. The van der Waals surface area contributed by atoms with Crippen molar-refractivity contribution >= 4 is 17.3 Å². The molecule has 3 aromatic rings. The monoisotopic (exact) mass is 379 g/mol. The lowest BCUT2D eigenvalue weighted by molar-refractivity contribution is 0.194. The van der Waals surface area contributed by atoms with Gasteiger partial charge >= 0.3 is 6.03 Å². The number of hydrogen-bond acceptors (Lipinski definition) is 4. The van der Waals surface area contributed by atoms with E-state index < -0.39 is 0 Å². The van der Waals surface area contributed by atoms with E-state index in [9.17, 15) is 4.79 Å². The summed E-state index contributed by atoms with van der Waals surface area (Å²) >= 11 is 0. The zero-order valence-corrected chi connectivity index (χ0v) is 16.4. The Hall–Kier alpha value is -3.16. The molecule has 146 valence electrons. The van der Waals surface area contributed by atoms with E-state index in [1.165, 1.54) is 5.57 Å². The third kappa shape index (κ3) is 3.37. The highest BCUT2D eigenvalue weighted by Gasteiger charge is 2.27. The van der Waals surface area contributed by atoms with E-state index in [0.29, 0.717) is 13.1 Å². The first kappa shape index (κ1) is 18.2. The quantitative estimate of drug-likeness (QED) is 0.756. The number of pyridine rings is 1. The predicted octanol–water partition coefficient (Wildman–Crippen LogP) is 2.66. The van der Waals surface area contributed by atoms with Crippen LogP contribution < -0.4 is 5.32 Å². The van der Waals surface area contributed by atoms with Crippen LogP contribution >= 0.6 is 0 Å². The molecular weight excluding hydrogens is 354 g/mol. The van der Waals surface area contributed by atoms with Crippen LogP contribution in [-0.2, 0) is 7.05 Å². The highest BCUT2D eigenvalue weighted by molar-refractivity contribution is 5.76. The van der Waals surface area contributed by atoms with E-state index in [0.717, 1.165) is 23.6 Å². The van der Waals surface area contributed by atoms with Crippen LogP contribution in [0.15, 0.2) is 42.7 Å². The van der Waals surface area contributed by atoms with Gasteiger partial charge in [0.2, 0.25) is 0 Å². The number of urea groups is 1. The average molecular weight is 379 g/mol. The molecular formula is C20H25N7O. The molecule has 1 N–H and O–H groups in total. The molecule has 0 bridgehead atoms. The summed E-state index contributed by atoms with van der Waals surface area (Å²) in [4.78, 5) is 14.7. The summed E-state index contributed by atoms with van der Waals surface area (Å²) in [7, 11) is 1.94. The highest BCUT2D eigenvalue weighted by Crippen LogP contribution is 2.24. The third-order valence-corrected chi connectivity index (χ3v) is 5.21. The van der Waals surface area contributed by atoms with Crippen LogP contribution in [0.3, 0.4) is 0 Å². The van der Waals surface area contributed by atoms with Gasteiger partial charge < -0.3 is 10.2 Å². The molecule has 0 radical (unpaired) electrons. The standard InChI is InChI=1S/C20H25N7O/c1-14(2)18(19-24-23-17-6-4-5-11-27(17)19)22-20(28)26-12-8-15(9-13-26)16-7-10-21-25(16)3/h4-8,10-11,14,18H,9,12-13H2,1-3H3,(H,22,28). The number of fused-ring (bicyclic) bond motifs is 1. The van der Waals surface area contributed by atoms with Crippen LogP contribution in [0.2, 0.25) is 0 Å². The summed E-state index contributed by atoms with van der Waals surface area (Å²) in [6, 6.07) is 7.49. The zero-order valence-electron chi connectivity index (χ0n) is 16.4. The maximum absolute atomic E-state index is 12.9. The van der Waals surface area contributed by atoms with Gasteiger partial charge in [-0.15, -0.1) is 10.2 Å². The third-order valence-electron chi connectivity index (χ3n) is 5.21. The molecule has 1 atom stereocenters. The molecule has 1 unspecified atom stereocenters. The molecule has 0 aliphatic carbocycles. The normalized spacial score (nSPS) is 15.7. The summed E-state index contributed by atoms with van der Waals surface area (Å²) in [5.74, 6) is 0.934.